The van der Waals surface area contributed by atoms with Crippen LogP contribution in [-0.4, -0.2) is 70.0 Å². The second kappa shape index (κ2) is 72.1. The van der Waals surface area contributed by atoms with Gasteiger partial charge in [-0.2, -0.15) is 0 Å². The van der Waals surface area contributed by atoms with Crippen molar-refractivity contribution < 1.29 is 42.1 Å². The zero-order chi connectivity index (χ0) is 68.3. The topological polar surface area (TPSA) is 111 Å². The lowest BCUT2D eigenvalue weighted by molar-refractivity contribution is -0.870. The predicted octanol–water partition coefficient (Wildman–Crippen LogP) is 24.2. The van der Waals surface area contributed by atoms with E-state index in [0.717, 1.165) is 135 Å². The summed E-state index contributed by atoms with van der Waals surface area (Å²) < 4.78 is 34.3. The molecule has 530 valence electrons. The molecule has 0 aromatic carbocycles. The fraction of sp³-hybridized carbons (Fsp3) is 0.595. The Morgan fingerprint density at radius 2 is 0.574 bits per heavy atom. The first-order valence-electron chi connectivity index (χ1n) is 37.1. The highest BCUT2D eigenvalue weighted by molar-refractivity contribution is 7.45. The van der Waals surface area contributed by atoms with Crippen molar-refractivity contribution in [2.75, 3.05) is 47.5 Å². The van der Waals surface area contributed by atoms with Gasteiger partial charge in [0.15, 0.2) is 6.10 Å². The molecule has 0 aliphatic carbocycles. The smallest absolute Gasteiger partial charge is 0.306 e. The van der Waals surface area contributed by atoms with Gasteiger partial charge in [-0.3, -0.25) is 14.2 Å². The van der Waals surface area contributed by atoms with E-state index in [4.69, 9.17) is 18.5 Å². The first-order chi connectivity index (χ1) is 46.0. The average Bonchev–Trinajstić information content (AvgIpc) is 1.56. The van der Waals surface area contributed by atoms with Gasteiger partial charge in [0, 0.05) is 12.8 Å². The Morgan fingerprint density at radius 3 is 0.872 bits per heavy atom. The summed E-state index contributed by atoms with van der Waals surface area (Å²) in [5.41, 5.74) is 0. The number of likely N-dealkylation sites (N-methyl/N-ethyl adjacent to an activating group) is 1. The molecule has 94 heavy (non-hydrogen) atoms. The van der Waals surface area contributed by atoms with E-state index in [1.54, 1.807) is 0 Å². The number of quaternary nitrogens is 1. The molecule has 0 aliphatic heterocycles. The summed E-state index contributed by atoms with van der Waals surface area (Å²) in [6, 6.07) is 0. The monoisotopic (exact) mass is 1320 g/mol. The number of unbranched alkanes of at least 4 members (excludes halogenated alkanes) is 20. The van der Waals surface area contributed by atoms with Crippen LogP contribution in [0.2, 0.25) is 0 Å². The maximum Gasteiger partial charge on any atom is 0.306 e. The zero-order valence-corrected chi connectivity index (χ0v) is 61.2. The van der Waals surface area contributed by atoms with Crippen LogP contribution in [0.1, 0.15) is 271 Å². The van der Waals surface area contributed by atoms with Gasteiger partial charge < -0.3 is 27.9 Å². The lowest BCUT2D eigenvalue weighted by Crippen LogP contribution is -2.37. The van der Waals surface area contributed by atoms with Crippen molar-refractivity contribution in [3.8, 4) is 0 Å². The van der Waals surface area contributed by atoms with Crippen LogP contribution in [0.15, 0.2) is 194 Å². The summed E-state index contributed by atoms with van der Waals surface area (Å²) in [6.07, 6.45) is 112. The normalized spacial score (nSPS) is 14.2. The fourth-order valence-electron chi connectivity index (χ4n) is 9.51. The standard InChI is InChI=1S/C84H136NO8P/c1-6-8-10-12-14-16-18-20-22-24-26-28-30-32-34-36-38-39-40-41-42-43-44-45-47-49-51-53-55-57-59-61-63-65-67-69-71-73-75-77-84(87)93-82(81-92-94(88,89)91-79-78-85(3,4)5)80-90-83(86)76-74-72-70-68-66-64-62-60-58-56-54-52-50-48-46-37-35-33-31-29-27-25-23-21-19-17-15-13-11-9-7-2/h8-11,14-17,20-23,26-29,32,34,38-39,41-42,44-45,49,51,55,57,61,63,67,69,82H,6-7,12-13,18-19,24-25,30-31,33,35-37,40,43,46-48,50,52-54,56,58-60,62,64-66,68,70-81H2,1-5H3/b10-8-,11-9-,16-14-,17-15-,22-20-,23-21-,28-26-,29-27-,34-32-,39-38-,42-41-,45-44-,51-49-,57-55-,63-61-,69-67-. The molecule has 0 spiro atoms. The van der Waals surface area contributed by atoms with Crippen LogP contribution >= 0.6 is 7.82 Å². The van der Waals surface area contributed by atoms with Crippen molar-refractivity contribution >= 4 is 19.8 Å². The first-order valence-corrected chi connectivity index (χ1v) is 38.6. The lowest BCUT2D eigenvalue weighted by Gasteiger charge is -2.28. The number of carbonyl (C=O) groups is 2. The minimum atomic E-state index is -4.67. The third-order valence-electron chi connectivity index (χ3n) is 15.1. The molecule has 0 fully saturated rings. The second-order valence-corrected chi connectivity index (χ2v) is 26.6. The van der Waals surface area contributed by atoms with Crippen LogP contribution in [0.25, 0.3) is 0 Å². The summed E-state index contributed by atoms with van der Waals surface area (Å²) in [7, 11) is 1.12. The Hall–Kier alpha value is -5.15. The molecule has 9 nitrogen and oxygen atoms in total. The number of allylic oxidation sites excluding steroid dienone is 32. The average molecular weight is 1320 g/mol. The Balaban J connectivity index is 4.17. The third-order valence-corrected chi connectivity index (χ3v) is 16.1. The molecule has 0 aromatic rings. The van der Waals surface area contributed by atoms with Gasteiger partial charge >= 0.3 is 11.9 Å². The van der Waals surface area contributed by atoms with Crippen molar-refractivity contribution in [2.45, 2.75) is 277 Å². The van der Waals surface area contributed by atoms with E-state index in [-0.39, 0.29) is 26.1 Å². The van der Waals surface area contributed by atoms with E-state index < -0.39 is 32.5 Å². The van der Waals surface area contributed by atoms with Gasteiger partial charge in [0.1, 0.15) is 19.8 Å². The van der Waals surface area contributed by atoms with E-state index in [0.29, 0.717) is 17.4 Å². The van der Waals surface area contributed by atoms with E-state index in [1.807, 2.05) is 21.1 Å². The van der Waals surface area contributed by atoms with Gasteiger partial charge in [0.05, 0.1) is 27.7 Å². The molecule has 0 saturated heterocycles. The largest absolute Gasteiger partial charge is 0.756 e. The Bertz CT molecular complexity index is 2290. The zero-order valence-electron chi connectivity index (χ0n) is 60.3. The number of hydrogen-bond acceptors (Lipinski definition) is 8. The quantitative estimate of drug-likeness (QED) is 0.0195. The van der Waals surface area contributed by atoms with Gasteiger partial charge in [-0.05, 0) is 141 Å². The summed E-state index contributed by atoms with van der Waals surface area (Å²) in [6.45, 7) is 3.96. The lowest BCUT2D eigenvalue weighted by atomic mass is 10.0. The molecule has 0 radical (unpaired) electrons. The summed E-state index contributed by atoms with van der Waals surface area (Å²) in [5.74, 6) is -0.892. The van der Waals surface area contributed by atoms with Crippen LogP contribution in [0.3, 0.4) is 0 Å². The van der Waals surface area contributed by atoms with Crippen LogP contribution < -0.4 is 4.89 Å². The van der Waals surface area contributed by atoms with Crippen LogP contribution in [0.4, 0.5) is 0 Å². The predicted molar refractivity (Wildman–Crippen MR) is 406 cm³/mol. The van der Waals surface area contributed by atoms with E-state index >= 15 is 0 Å². The maximum absolute atomic E-state index is 12.9. The maximum atomic E-state index is 12.9. The van der Waals surface area contributed by atoms with Gasteiger partial charge in [-0.1, -0.05) is 311 Å². The number of nitrogens with zero attached hydrogens (tertiary/aromatic N) is 1. The molecule has 0 aromatic heterocycles. The van der Waals surface area contributed by atoms with E-state index in [9.17, 15) is 19.0 Å². The van der Waals surface area contributed by atoms with E-state index in [2.05, 4.69) is 208 Å². The highest BCUT2D eigenvalue weighted by Crippen LogP contribution is 2.38. The van der Waals surface area contributed by atoms with Crippen molar-refractivity contribution in [3.63, 3.8) is 0 Å². The van der Waals surface area contributed by atoms with Crippen molar-refractivity contribution in [3.05, 3.63) is 194 Å². The Labute approximate surface area is 577 Å². The minimum Gasteiger partial charge on any atom is -0.756 e. The molecule has 0 saturated carbocycles. The van der Waals surface area contributed by atoms with Crippen molar-refractivity contribution in [1.82, 2.24) is 0 Å². The number of phosphoric acid groups is 1. The molecule has 0 bridgehead atoms. The summed E-state index contributed by atoms with van der Waals surface area (Å²) in [4.78, 5) is 38.1. The second-order valence-electron chi connectivity index (χ2n) is 25.2. The van der Waals surface area contributed by atoms with Gasteiger partial charge in [0.2, 0.25) is 0 Å². The minimum absolute atomic E-state index is 0.0487. The number of hydrogen-bond donors (Lipinski definition) is 0. The SMILES string of the molecule is CC/C=C\C/C=C\C/C=C\C/C=C\C/C=C\C/C=C\C/C=C\C/C=C\C/C=C\C/C=C\C/C=C\C/C=C\CCCCC(=O)OC(COC(=O)CCCCCCCCCCCCCCCCCCCC/C=C\C/C=C\C/C=C\C/C=C\CC)COP(=O)([O-])OCC[N+](C)(C)C. The molecule has 0 heterocycles. The highest BCUT2D eigenvalue weighted by atomic mass is 31.2. The third kappa shape index (κ3) is 75.9. The van der Waals surface area contributed by atoms with E-state index in [1.165, 1.54) is 103 Å². The molecular formula is C84H136NO8P. The first kappa shape index (κ1) is 88.8. The fourth-order valence-corrected chi connectivity index (χ4v) is 10.2. The van der Waals surface area contributed by atoms with Crippen LogP contribution in [0, 0.1) is 0 Å². The number of phosphoric ester groups is 1. The molecule has 0 rings (SSSR count). The van der Waals surface area contributed by atoms with Crippen molar-refractivity contribution in [2.24, 2.45) is 0 Å². The molecule has 2 atom stereocenters. The number of esters is 2. The summed E-state index contributed by atoms with van der Waals surface area (Å²) >= 11 is 0. The van der Waals surface area contributed by atoms with Gasteiger partial charge in [-0.15, -0.1) is 0 Å². The van der Waals surface area contributed by atoms with Gasteiger partial charge in [0.25, 0.3) is 7.82 Å². The molecule has 0 N–H and O–H groups in total. The number of carbonyl (C=O) groups excluding carboxylic acids is 2. The molecular weight excluding hydrogens is 1180 g/mol. The molecule has 0 amide bonds. The molecule has 0 aliphatic rings. The van der Waals surface area contributed by atoms with Crippen LogP contribution in [-0.2, 0) is 32.7 Å². The number of ether oxygens (including phenoxy) is 2. The highest BCUT2D eigenvalue weighted by Gasteiger charge is 2.22. The number of rotatable bonds is 66. The van der Waals surface area contributed by atoms with Crippen molar-refractivity contribution in [1.29, 1.82) is 0 Å². The Morgan fingerprint density at radius 1 is 0.330 bits per heavy atom. The van der Waals surface area contributed by atoms with Crippen LogP contribution in [0.5, 0.6) is 0 Å². The van der Waals surface area contributed by atoms with Gasteiger partial charge in [-0.25, -0.2) is 0 Å². The summed E-state index contributed by atoms with van der Waals surface area (Å²) in [5, 5.41) is 0. The Kier molecular flexibility index (Phi) is 68.2. The molecule has 2 unspecified atom stereocenters. The molecule has 10 heteroatoms.